The first-order valence-corrected chi connectivity index (χ1v) is 5.43. The van der Waals surface area contributed by atoms with Crippen LogP contribution in [-0.4, -0.2) is 26.8 Å². The Labute approximate surface area is 102 Å². The van der Waals surface area contributed by atoms with Crippen molar-refractivity contribution in [3.63, 3.8) is 0 Å². The Bertz CT molecular complexity index is 470. The third-order valence-corrected chi connectivity index (χ3v) is 2.93. The summed E-state index contributed by atoms with van der Waals surface area (Å²) in [6.45, 7) is 2.25. The molecule has 92 valence electrons. The van der Waals surface area contributed by atoms with Gasteiger partial charge in [-0.15, -0.1) is 0 Å². The van der Waals surface area contributed by atoms with Gasteiger partial charge in [0.15, 0.2) is 11.5 Å². The van der Waals surface area contributed by atoms with E-state index in [0.29, 0.717) is 23.7 Å². The van der Waals surface area contributed by atoms with Crippen molar-refractivity contribution in [2.75, 3.05) is 20.8 Å². The molecule has 1 aliphatic rings. The van der Waals surface area contributed by atoms with Crippen molar-refractivity contribution in [1.29, 1.82) is 0 Å². The third-order valence-electron chi connectivity index (χ3n) is 2.93. The molecule has 2 unspecified atom stereocenters. The number of hydrogen-bond donors (Lipinski definition) is 0. The van der Waals surface area contributed by atoms with Crippen molar-refractivity contribution in [2.24, 2.45) is 0 Å². The molecule has 2 atom stereocenters. The third kappa shape index (κ3) is 1.95. The molecule has 1 heterocycles. The molecule has 17 heavy (non-hydrogen) atoms. The smallest absolute Gasteiger partial charge is 0.337 e. The van der Waals surface area contributed by atoms with Gasteiger partial charge in [0, 0.05) is 12.9 Å². The maximum Gasteiger partial charge on any atom is 0.337 e. The monoisotopic (exact) mass is 237 g/mol. The molecule has 1 aliphatic heterocycles. The fourth-order valence-corrected chi connectivity index (χ4v) is 1.98. The summed E-state index contributed by atoms with van der Waals surface area (Å²) >= 11 is 0. The van der Waals surface area contributed by atoms with E-state index in [1.54, 1.807) is 19.1 Å². The van der Waals surface area contributed by atoms with Crippen LogP contribution in [0.1, 0.15) is 36.5 Å². The predicted molar refractivity (Wildman–Crippen MR) is 62.9 cm³/mol. The normalized spacial score (nSPS) is 19.9. The number of methoxy groups -OCH3 is 2. The second-order valence-corrected chi connectivity index (χ2v) is 3.84. The molecule has 4 nitrogen and oxygen atoms in total. The molecule has 4 heteroatoms. The summed E-state index contributed by atoms with van der Waals surface area (Å²) in [7, 11) is 2.86. The standard InChI is InChI=1S/C13H16O4/c1-4-8-7-17-12-10(8)5-9(13(14)16-3)6-11(12)15-2/h5-6,8H,4,7H2,1-3H3/i4D. The molecule has 0 radical (unpaired) electrons. The Kier molecular flexibility index (Phi) is 2.86. The fraction of sp³-hybridized carbons (Fsp3) is 0.462. The van der Waals surface area contributed by atoms with Crippen molar-refractivity contribution in [1.82, 2.24) is 0 Å². The zero-order chi connectivity index (χ0) is 13.3. The van der Waals surface area contributed by atoms with Gasteiger partial charge < -0.3 is 14.2 Å². The number of esters is 1. The first-order chi connectivity index (χ1) is 8.58. The lowest BCUT2D eigenvalue weighted by atomic mass is 9.96. The summed E-state index contributed by atoms with van der Waals surface area (Å²) in [5, 5.41) is 0. The Morgan fingerprint density at radius 1 is 1.59 bits per heavy atom. The SMILES string of the molecule is [2H]C(C)C1COc2c(OC)cc(C(=O)OC)cc21. The largest absolute Gasteiger partial charge is 0.493 e. The minimum atomic E-state index is -0.417. The van der Waals surface area contributed by atoms with Crippen LogP contribution in [0.5, 0.6) is 11.5 Å². The van der Waals surface area contributed by atoms with Crippen LogP contribution in [-0.2, 0) is 4.74 Å². The molecular formula is C13H16O4. The minimum Gasteiger partial charge on any atom is -0.493 e. The van der Waals surface area contributed by atoms with Crippen LogP contribution in [0, 0.1) is 0 Å². The zero-order valence-corrected chi connectivity index (χ0v) is 10.1. The van der Waals surface area contributed by atoms with Crippen molar-refractivity contribution >= 4 is 5.97 Å². The highest BCUT2D eigenvalue weighted by Gasteiger charge is 2.28. The molecule has 0 N–H and O–H groups in total. The topological polar surface area (TPSA) is 44.8 Å². The predicted octanol–water partition coefficient (Wildman–Crippen LogP) is 2.37. The van der Waals surface area contributed by atoms with Crippen LogP contribution in [0.3, 0.4) is 0 Å². The maximum atomic E-state index is 11.6. The van der Waals surface area contributed by atoms with Crippen LogP contribution < -0.4 is 9.47 Å². The van der Waals surface area contributed by atoms with Crippen LogP contribution in [0.2, 0.25) is 0 Å². The first-order valence-electron chi connectivity index (χ1n) is 6.01. The fourth-order valence-electron chi connectivity index (χ4n) is 1.98. The molecule has 1 aromatic carbocycles. The molecule has 2 rings (SSSR count). The van der Waals surface area contributed by atoms with Gasteiger partial charge in [-0.1, -0.05) is 6.92 Å². The van der Waals surface area contributed by atoms with Crippen molar-refractivity contribution in [3.8, 4) is 11.5 Å². The number of ether oxygens (including phenoxy) is 3. The number of rotatable bonds is 3. The lowest BCUT2D eigenvalue weighted by molar-refractivity contribution is 0.0600. The number of carbonyl (C=O) groups is 1. The van der Waals surface area contributed by atoms with Crippen LogP contribution >= 0.6 is 0 Å². The van der Waals surface area contributed by atoms with E-state index in [1.807, 2.05) is 0 Å². The molecule has 0 aliphatic carbocycles. The molecule has 1 aromatic rings. The minimum absolute atomic E-state index is 0.0430. The summed E-state index contributed by atoms with van der Waals surface area (Å²) in [6.07, 6.45) is -0.302. The van der Waals surface area contributed by atoms with Crippen LogP contribution in [0.15, 0.2) is 12.1 Å². The van der Waals surface area contributed by atoms with Gasteiger partial charge in [0.1, 0.15) is 0 Å². The molecule has 0 spiro atoms. The van der Waals surface area contributed by atoms with E-state index in [4.69, 9.17) is 15.6 Å². The van der Waals surface area contributed by atoms with Gasteiger partial charge in [0.25, 0.3) is 0 Å². The van der Waals surface area contributed by atoms with Crippen molar-refractivity contribution < 1.29 is 20.4 Å². The van der Waals surface area contributed by atoms with Gasteiger partial charge in [-0.05, 0) is 18.5 Å². The van der Waals surface area contributed by atoms with Gasteiger partial charge >= 0.3 is 5.97 Å². The van der Waals surface area contributed by atoms with Crippen LogP contribution in [0.4, 0.5) is 0 Å². The van der Waals surface area contributed by atoms with E-state index in [2.05, 4.69) is 0 Å². The highest BCUT2D eigenvalue weighted by atomic mass is 16.5. The molecule has 0 bridgehead atoms. The molecule has 0 amide bonds. The number of fused-ring (bicyclic) bond motifs is 1. The van der Waals surface area contributed by atoms with Gasteiger partial charge in [0.05, 0.1) is 26.4 Å². The first kappa shape index (κ1) is 10.4. The van der Waals surface area contributed by atoms with Gasteiger partial charge in [0.2, 0.25) is 0 Å². The summed E-state index contributed by atoms with van der Waals surface area (Å²) in [4.78, 5) is 11.6. The maximum absolute atomic E-state index is 11.6. The highest BCUT2D eigenvalue weighted by Crippen LogP contribution is 2.43. The van der Waals surface area contributed by atoms with Crippen molar-refractivity contribution in [2.45, 2.75) is 19.2 Å². The second kappa shape index (κ2) is 4.65. The zero-order valence-electron chi connectivity index (χ0n) is 11.1. The molecule has 0 saturated heterocycles. The van der Waals surface area contributed by atoms with Gasteiger partial charge in [-0.25, -0.2) is 4.79 Å². The van der Waals surface area contributed by atoms with Gasteiger partial charge in [-0.2, -0.15) is 0 Å². The lowest BCUT2D eigenvalue weighted by Gasteiger charge is -2.10. The molecular weight excluding hydrogens is 220 g/mol. The average Bonchev–Trinajstić information content (AvgIpc) is 2.80. The number of hydrogen-bond acceptors (Lipinski definition) is 4. The van der Waals surface area contributed by atoms with E-state index in [-0.39, 0.29) is 12.3 Å². The summed E-state index contributed by atoms with van der Waals surface area (Å²) in [6, 6.07) is 3.33. The van der Waals surface area contributed by atoms with E-state index >= 15 is 0 Å². The molecule has 0 saturated carbocycles. The highest BCUT2D eigenvalue weighted by molar-refractivity contribution is 5.90. The Hall–Kier alpha value is -1.71. The van der Waals surface area contributed by atoms with Crippen LogP contribution in [0.25, 0.3) is 0 Å². The molecule has 0 aromatic heterocycles. The van der Waals surface area contributed by atoms with E-state index in [9.17, 15) is 4.79 Å². The van der Waals surface area contributed by atoms with E-state index in [0.717, 1.165) is 5.56 Å². The Morgan fingerprint density at radius 2 is 2.35 bits per heavy atom. The van der Waals surface area contributed by atoms with Crippen molar-refractivity contribution in [3.05, 3.63) is 23.3 Å². The number of benzene rings is 1. The van der Waals surface area contributed by atoms with E-state index < -0.39 is 5.97 Å². The van der Waals surface area contributed by atoms with E-state index in [1.165, 1.54) is 14.2 Å². The second-order valence-electron chi connectivity index (χ2n) is 3.84. The Balaban J connectivity index is 2.51. The summed E-state index contributed by atoms with van der Waals surface area (Å²) in [5.41, 5.74) is 1.27. The average molecular weight is 237 g/mol. The van der Waals surface area contributed by atoms with Gasteiger partial charge in [-0.3, -0.25) is 0 Å². The summed E-state index contributed by atoms with van der Waals surface area (Å²) < 4.78 is 23.3. The lowest BCUT2D eigenvalue weighted by Crippen LogP contribution is -2.03. The quantitative estimate of drug-likeness (QED) is 0.757. The molecule has 0 fully saturated rings. The summed E-state index contributed by atoms with van der Waals surface area (Å²) in [5.74, 6) is 0.684. The Morgan fingerprint density at radius 3 is 2.94 bits per heavy atom. The number of carbonyl (C=O) groups excluding carboxylic acids is 1.